The first-order chi connectivity index (χ1) is 9.15. The van der Waals surface area contributed by atoms with Crippen molar-refractivity contribution >= 4 is 5.91 Å². The molecule has 104 valence electrons. The van der Waals surface area contributed by atoms with E-state index in [-0.39, 0.29) is 11.3 Å². The van der Waals surface area contributed by atoms with E-state index in [0.29, 0.717) is 13.2 Å². The third-order valence-corrected chi connectivity index (χ3v) is 3.61. The van der Waals surface area contributed by atoms with Crippen LogP contribution in [0.1, 0.15) is 19.8 Å². The zero-order chi connectivity index (χ0) is 13.7. The molecule has 19 heavy (non-hydrogen) atoms. The molecule has 0 heterocycles. The molecular weight excluding hydrogens is 242 g/mol. The van der Waals surface area contributed by atoms with Crippen LogP contribution in [0.25, 0.3) is 0 Å². The number of para-hydroxylation sites is 1. The molecule has 0 saturated heterocycles. The molecule has 1 aromatic carbocycles. The van der Waals surface area contributed by atoms with Crippen molar-refractivity contribution in [3.8, 4) is 5.75 Å². The van der Waals surface area contributed by atoms with Gasteiger partial charge in [0, 0.05) is 19.1 Å². The maximum Gasteiger partial charge on any atom is 0.248 e. The number of rotatable bonds is 7. The summed E-state index contributed by atoms with van der Waals surface area (Å²) >= 11 is 0. The predicted octanol–water partition coefficient (Wildman–Crippen LogP) is 2.00. The number of carbonyl (C=O) groups is 1. The molecule has 4 nitrogen and oxygen atoms in total. The number of hydrogen-bond acceptors (Lipinski definition) is 3. The van der Waals surface area contributed by atoms with E-state index in [1.165, 1.54) is 7.11 Å². The van der Waals surface area contributed by atoms with Gasteiger partial charge < -0.3 is 14.8 Å². The number of nitrogens with one attached hydrogen (secondary N) is 1. The van der Waals surface area contributed by atoms with Crippen molar-refractivity contribution in [2.45, 2.75) is 25.9 Å². The van der Waals surface area contributed by atoms with E-state index in [1.54, 1.807) is 6.92 Å². The van der Waals surface area contributed by atoms with E-state index in [0.717, 1.165) is 18.6 Å². The molecule has 2 rings (SSSR count). The van der Waals surface area contributed by atoms with Crippen LogP contribution in [0, 0.1) is 5.41 Å². The molecule has 0 aliphatic heterocycles. The van der Waals surface area contributed by atoms with Gasteiger partial charge in [0.2, 0.25) is 5.91 Å². The molecule has 1 N–H and O–H groups in total. The van der Waals surface area contributed by atoms with Gasteiger partial charge in [-0.05, 0) is 31.9 Å². The van der Waals surface area contributed by atoms with Crippen molar-refractivity contribution in [2.24, 2.45) is 5.41 Å². The summed E-state index contributed by atoms with van der Waals surface area (Å²) in [6, 6.07) is 9.77. The van der Waals surface area contributed by atoms with Crippen molar-refractivity contribution in [1.82, 2.24) is 5.32 Å². The minimum atomic E-state index is -0.397. The summed E-state index contributed by atoms with van der Waals surface area (Å²) in [5, 5.41) is 2.93. The second-order valence-electron chi connectivity index (χ2n) is 5.20. The van der Waals surface area contributed by atoms with Crippen LogP contribution in [0.5, 0.6) is 5.75 Å². The molecule has 1 saturated carbocycles. The molecule has 1 fully saturated rings. The Balaban J connectivity index is 1.76. The van der Waals surface area contributed by atoms with Crippen LogP contribution < -0.4 is 10.1 Å². The minimum absolute atomic E-state index is 0.0616. The second kappa shape index (κ2) is 6.06. The summed E-state index contributed by atoms with van der Waals surface area (Å²) in [5.41, 5.74) is 0.110. The van der Waals surface area contributed by atoms with Crippen LogP contribution >= 0.6 is 0 Å². The molecule has 1 aliphatic carbocycles. The lowest BCUT2D eigenvalue weighted by molar-refractivity contribution is -0.130. The quantitative estimate of drug-likeness (QED) is 0.818. The van der Waals surface area contributed by atoms with Crippen molar-refractivity contribution in [2.75, 3.05) is 20.3 Å². The maximum absolute atomic E-state index is 11.6. The lowest BCUT2D eigenvalue weighted by Crippen LogP contribution is -2.39. The molecule has 1 amide bonds. The highest BCUT2D eigenvalue weighted by Gasteiger charge is 2.43. The topological polar surface area (TPSA) is 47.6 Å². The first-order valence-electron chi connectivity index (χ1n) is 6.64. The second-order valence-corrected chi connectivity index (χ2v) is 5.20. The van der Waals surface area contributed by atoms with Gasteiger partial charge in [-0.3, -0.25) is 4.79 Å². The van der Waals surface area contributed by atoms with Gasteiger partial charge in [0.25, 0.3) is 0 Å². The summed E-state index contributed by atoms with van der Waals surface area (Å²) in [7, 11) is 1.54. The molecule has 0 aromatic heterocycles. The van der Waals surface area contributed by atoms with E-state index in [9.17, 15) is 4.79 Å². The van der Waals surface area contributed by atoms with E-state index in [1.807, 2.05) is 30.3 Å². The lowest BCUT2D eigenvalue weighted by atomic mass is 10.1. The van der Waals surface area contributed by atoms with E-state index in [4.69, 9.17) is 9.47 Å². The Morgan fingerprint density at radius 3 is 2.63 bits per heavy atom. The smallest absolute Gasteiger partial charge is 0.248 e. The fourth-order valence-electron chi connectivity index (χ4n) is 1.83. The predicted molar refractivity (Wildman–Crippen MR) is 73.1 cm³/mol. The molecule has 4 heteroatoms. The SMILES string of the molecule is COC(C)C(=O)NCC1(COc2ccccc2)CC1. The summed E-state index contributed by atoms with van der Waals surface area (Å²) < 4.78 is 10.8. The van der Waals surface area contributed by atoms with Crippen molar-refractivity contribution in [3.63, 3.8) is 0 Å². The molecule has 1 atom stereocenters. The number of carbonyl (C=O) groups excluding carboxylic acids is 1. The summed E-state index contributed by atoms with van der Waals surface area (Å²) in [4.78, 5) is 11.6. The Labute approximate surface area is 114 Å². The van der Waals surface area contributed by atoms with Crippen molar-refractivity contribution in [1.29, 1.82) is 0 Å². The molecule has 1 aromatic rings. The zero-order valence-corrected chi connectivity index (χ0v) is 11.5. The van der Waals surface area contributed by atoms with E-state index < -0.39 is 6.10 Å². The highest BCUT2D eigenvalue weighted by molar-refractivity contribution is 5.80. The molecule has 0 radical (unpaired) electrons. The number of hydrogen-bond donors (Lipinski definition) is 1. The van der Waals surface area contributed by atoms with Crippen LogP contribution in [0.4, 0.5) is 0 Å². The van der Waals surface area contributed by atoms with Gasteiger partial charge in [0.15, 0.2) is 0 Å². The Morgan fingerprint density at radius 2 is 2.05 bits per heavy atom. The fraction of sp³-hybridized carbons (Fsp3) is 0.533. The summed E-state index contributed by atoms with van der Waals surface area (Å²) in [6.45, 7) is 3.06. The third kappa shape index (κ3) is 3.96. The van der Waals surface area contributed by atoms with Gasteiger partial charge >= 0.3 is 0 Å². The lowest BCUT2D eigenvalue weighted by Gasteiger charge is -2.18. The van der Waals surface area contributed by atoms with Crippen molar-refractivity contribution < 1.29 is 14.3 Å². The monoisotopic (exact) mass is 263 g/mol. The maximum atomic E-state index is 11.6. The number of methoxy groups -OCH3 is 1. The Morgan fingerprint density at radius 1 is 1.37 bits per heavy atom. The van der Waals surface area contributed by atoms with Crippen molar-refractivity contribution in [3.05, 3.63) is 30.3 Å². The number of ether oxygens (including phenoxy) is 2. The highest BCUT2D eigenvalue weighted by atomic mass is 16.5. The summed E-state index contributed by atoms with van der Waals surface area (Å²) in [6.07, 6.45) is 1.80. The van der Waals surface area contributed by atoms with Crippen LogP contribution in [0.15, 0.2) is 30.3 Å². The number of benzene rings is 1. The Hall–Kier alpha value is -1.55. The molecule has 0 spiro atoms. The van der Waals surface area contributed by atoms with Gasteiger partial charge in [0.1, 0.15) is 11.9 Å². The standard InChI is InChI=1S/C15H21NO3/c1-12(18-2)14(17)16-10-15(8-9-15)11-19-13-6-4-3-5-7-13/h3-7,12H,8-11H2,1-2H3,(H,16,17). The minimum Gasteiger partial charge on any atom is -0.493 e. The Kier molecular flexibility index (Phi) is 4.43. The van der Waals surface area contributed by atoms with Crippen LogP contribution in [-0.4, -0.2) is 32.3 Å². The van der Waals surface area contributed by atoms with E-state index in [2.05, 4.69) is 5.32 Å². The molecule has 1 aliphatic rings. The zero-order valence-electron chi connectivity index (χ0n) is 11.5. The molecule has 1 unspecified atom stereocenters. The largest absolute Gasteiger partial charge is 0.493 e. The van der Waals surface area contributed by atoms with Gasteiger partial charge in [0.05, 0.1) is 6.61 Å². The average Bonchev–Trinajstić information content (AvgIpc) is 3.23. The van der Waals surface area contributed by atoms with Crippen LogP contribution in [0.2, 0.25) is 0 Å². The van der Waals surface area contributed by atoms with Gasteiger partial charge in [-0.1, -0.05) is 18.2 Å². The van der Waals surface area contributed by atoms with Crippen LogP contribution in [-0.2, 0) is 9.53 Å². The Bertz CT molecular complexity index is 415. The van der Waals surface area contributed by atoms with Gasteiger partial charge in [-0.25, -0.2) is 0 Å². The van der Waals surface area contributed by atoms with Gasteiger partial charge in [-0.2, -0.15) is 0 Å². The molecule has 0 bridgehead atoms. The van der Waals surface area contributed by atoms with E-state index >= 15 is 0 Å². The highest BCUT2D eigenvalue weighted by Crippen LogP contribution is 2.45. The van der Waals surface area contributed by atoms with Gasteiger partial charge in [-0.15, -0.1) is 0 Å². The third-order valence-electron chi connectivity index (χ3n) is 3.61. The average molecular weight is 263 g/mol. The van der Waals surface area contributed by atoms with Crippen LogP contribution in [0.3, 0.4) is 0 Å². The fourth-order valence-corrected chi connectivity index (χ4v) is 1.83. The first kappa shape index (κ1) is 13.9. The summed E-state index contributed by atoms with van der Waals surface area (Å²) in [5.74, 6) is 0.818. The first-order valence-corrected chi connectivity index (χ1v) is 6.64. The molecular formula is C15H21NO3. The number of amides is 1. The normalized spacial score (nSPS) is 17.6.